The molecular weight excluding hydrogens is 351 g/mol. The molecule has 28 heavy (non-hydrogen) atoms. The molecule has 3 nitrogen and oxygen atoms in total. The average molecular weight is 376 g/mol. The Morgan fingerprint density at radius 3 is 2.46 bits per heavy atom. The fraction of sp³-hybridized carbons (Fsp3) is 0.333. The summed E-state index contributed by atoms with van der Waals surface area (Å²) in [6.45, 7) is 5.17. The van der Waals surface area contributed by atoms with E-state index in [1.165, 1.54) is 26.2 Å². The second-order valence-corrected chi connectivity index (χ2v) is 7.76. The quantitative estimate of drug-likeness (QED) is 0.557. The van der Waals surface area contributed by atoms with E-state index in [1.54, 1.807) is 6.92 Å². The first-order valence-electron chi connectivity index (χ1n) is 9.92. The number of aryl methyl sites for hydroxylation is 1. The molecule has 2 aromatic carbocycles. The van der Waals surface area contributed by atoms with E-state index in [0.29, 0.717) is 17.5 Å². The molecule has 0 amide bonds. The van der Waals surface area contributed by atoms with Crippen molar-refractivity contribution >= 4 is 22.9 Å². The van der Waals surface area contributed by atoms with Crippen LogP contribution in [-0.2, 0) is 10.5 Å². The van der Waals surface area contributed by atoms with E-state index < -0.39 is 5.67 Å². The number of alkyl halides is 1. The van der Waals surface area contributed by atoms with Crippen molar-refractivity contribution < 1.29 is 9.18 Å². The Labute approximate surface area is 165 Å². The van der Waals surface area contributed by atoms with E-state index in [2.05, 4.69) is 22.0 Å². The highest BCUT2D eigenvalue weighted by Gasteiger charge is 2.32. The maximum atomic E-state index is 15.3. The van der Waals surface area contributed by atoms with Gasteiger partial charge >= 0.3 is 0 Å². The van der Waals surface area contributed by atoms with Gasteiger partial charge in [-0.15, -0.1) is 0 Å². The largest absolute Gasteiger partial charge is 0.372 e. The SMILES string of the molecule is Cc1nc2ccc(N3CCCCC3)cc2c(-c2ccccc2)c1C(C)(F)C=O. The fourth-order valence-corrected chi connectivity index (χ4v) is 4.28. The van der Waals surface area contributed by atoms with E-state index in [1.807, 2.05) is 36.4 Å². The zero-order chi connectivity index (χ0) is 19.7. The number of hydrogen-bond donors (Lipinski definition) is 0. The highest BCUT2D eigenvalue weighted by Crippen LogP contribution is 2.41. The van der Waals surface area contributed by atoms with Crippen LogP contribution < -0.4 is 4.90 Å². The fourth-order valence-electron chi connectivity index (χ4n) is 4.28. The van der Waals surface area contributed by atoms with Crippen LogP contribution in [0.25, 0.3) is 22.0 Å². The van der Waals surface area contributed by atoms with Crippen LogP contribution in [0.15, 0.2) is 48.5 Å². The average Bonchev–Trinajstić information content (AvgIpc) is 2.73. The molecule has 0 radical (unpaired) electrons. The predicted octanol–water partition coefficient (Wildman–Crippen LogP) is 5.58. The first kappa shape index (κ1) is 18.6. The van der Waals surface area contributed by atoms with Gasteiger partial charge in [0, 0.05) is 35.4 Å². The Bertz CT molecular complexity index is 1010. The Hall–Kier alpha value is -2.75. The number of aromatic nitrogens is 1. The van der Waals surface area contributed by atoms with E-state index in [4.69, 9.17) is 0 Å². The summed E-state index contributed by atoms with van der Waals surface area (Å²) in [6.07, 6.45) is 4.02. The van der Waals surface area contributed by atoms with E-state index >= 15 is 4.39 Å². The van der Waals surface area contributed by atoms with Gasteiger partial charge in [-0.25, -0.2) is 4.39 Å². The molecule has 1 aromatic heterocycles. The van der Waals surface area contributed by atoms with Crippen LogP contribution in [0.2, 0.25) is 0 Å². The monoisotopic (exact) mass is 376 g/mol. The lowest BCUT2D eigenvalue weighted by Crippen LogP contribution is -2.29. The topological polar surface area (TPSA) is 33.2 Å². The van der Waals surface area contributed by atoms with Gasteiger partial charge in [-0.1, -0.05) is 30.3 Å². The summed E-state index contributed by atoms with van der Waals surface area (Å²) in [5, 5.41) is 0.889. The first-order chi connectivity index (χ1) is 13.5. The Balaban J connectivity index is 2.02. The summed E-state index contributed by atoms with van der Waals surface area (Å²) in [5.74, 6) is 0. The number of anilines is 1. The van der Waals surface area contributed by atoms with Gasteiger partial charge in [0.25, 0.3) is 0 Å². The van der Waals surface area contributed by atoms with E-state index in [-0.39, 0.29) is 0 Å². The smallest absolute Gasteiger partial charge is 0.190 e. The van der Waals surface area contributed by atoms with Crippen LogP contribution in [0.4, 0.5) is 10.1 Å². The number of rotatable bonds is 4. The third-order valence-corrected chi connectivity index (χ3v) is 5.64. The van der Waals surface area contributed by atoms with Gasteiger partial charge in [-0.05, 0) is 62.4 Å². The highest BCUT2D eigenvalue weighted by atomic mass is 19.1. The van der Waals surface area contributed by atoms with Crippen molar-refractivity contribution in [3.63, 3.8) is 0 Å². The number of carbonyl (C=O) groups is 1. The lowest BCUT2D eigenvalue weighted by molar-refractivity contribution is -0.117. The Morgan fingerprint density at radius 1 is 1.07 bits per heavy atom. The number of benzene rings is 2. The molecule has 144 valence electrons. The van der Waals surface area contributed by atoms with Crippen LogP contribution in [0.3, 0.4) is 0 Å². The minimum atomic E-state index is -2.10. The number of piperidine rings is 1. The third kappa shape index (κ3) is 3.28. The lowest BCUT2D eigenvalue weighted by Gasteiger charge is -2.29. The van der Waals surface area contributed by atoms with Crippen molar-refractivity contribution in [3.05, 3.63) is 59.8 Å². The molecule has 4 rings (SSSR count). The first-order valence-corrected chi connectivity index (χ1v) is 9.92. The lowest BCUT2D eigenvalue weighted by atomic mass is 9.86. The van der Waals surface area contributed by atoms with Gasteiger partial charge in [0.05, 0.1) is 5.52 Å². The molecule has 0 spiro atoms. The minimum absolute atomic E-state index is 0.358. The molecule has 3 aromatic rings. The summed E-state index contributed by atoms with van der Waals surface area (Å²) in [7, 11) is 0. The van der Waals surface area contributed by atoms with Crippen molar-refractivity contribution in [2.24, 2.45) is 0 Å². The van der Waals surface area contributed by atoms with Gasteiger partial charge in [-0.3, -0.25) is 9.78 Å². The maximum Gasteiger partial charge on any atom is 0.190 e. The molecule has 1 aliphatic rings. The van der Waals surface area contributed by atoms with Gasteiger partial charge in [-0.2, -0.15) is 0 Å². The number of halogens is 1. The van der Waals surface area contributed by atoms with Crippen molar-refractivity contribution in [3.8, 4) is 11.1 Å². The van der Waals surface area contributed by atoms with Crippen LogP contribution in [-0.4, -0.2) is 24.4 Å². The predicted molar refractivity (Wildman–Crippen MR) is 113 cm³/mol. The molecule has 1 saturated heterocycles. The number of aldehydes is 1. The Morgan fingerprint density at radius 2 is 1.79 bits per heavy atom. The number of carbonyl (C=O) groups excluding carboxylic acids is 1. The van der Waals surface area contributed by atoms with Crippen LogP contribution in [0, 0.1) is 6.92 Å². The molecule has 1 fully saturated rings. The molecule has 1 aliphatic heterocycles. The molecule has 1 unspecified atom stereocenters. The molecule has 0 bridgehead atoms. The van der Waals surface area contributed by atoms with Gasteiger partial charge in [0.15, 0.2) is 12.0 Å². The second-order valence-electron chi connectivity index (χ2n) is 7.76. The van der Waals surface area contributed by atoms with Crippen molar-refractivity contribution in [2.45, 2.75) is 38.8 Å². The minimum Gasteiger partial charge on any atom is -0.372 e. The van der Waals surface area contributed by atoms with Crippen LogP contribution in [0.1, 0.15) is 37.4 Å². The van der Waals surface area contributed by atoms with E-state index in [0.717, 1.165) is 40.8 Å². The number of fused-ring (bicyclic) bond motifs is 1. The zero-order valence-corrected chi connectivity index (χ0v) is 16.4. The van der Waals surface area contributed by atoms with Crippen molar-refractivity contribution in [1.29, 1.82) is 0 Å². The summed E-state index contributed by atoms with van der Waals surface area (Å²) >= 11 is 0. The summed E-state index contributed by atoms with van der Waals surface area (Å²) in [5.41, 5.74) is 2.42. The Kier molecular flexibility index (Phi) is 4.88. The summed E-state index contributed by atoms with van der Waals surface area (Å²) in [4.78, 5) is 18.6. The standard InChI is InChI=1S/C24H25FN2O/c1-17-23(24(2,25)16-28)22(18-9-5-3-6-10-18)20-15-19(11-12-21(20)26-17)27-13-7-4-8-14-27/h3,5-6,9-12,15-16H,4,7-8,13-14H2,1-2H3. The summed E-state index contributed by atoms with van der Waals surface area (Å²) in [6, 6.07) is 16.0. The summed E-state index contributed by atoms with van der Waals surface area (Å²) < 4.78 is 15.3. The molecule has 4 heteroatoms. The molecular formula is C24H25FN2O. The third-order valence-electron chi connectivity index (χ3n) is 5.64. The highest BCUT2D eigenvalue weighted by molar-refractivity contribution is 6.00. The van der Waals surface area contributed by atoms with E-state index in [9.17, 15) is 4.79 Å². The van der Waals surface area contributed by atoms with Gasteiger partial charge < -0.3 is 4.90 Å². The normalized spacial score (nSPS) is 16.8. The van der Waals surface area contributed by atoms with Crippen LogP contribution >= 0.6 is 0 Å². The van der Waals surface area contributed by atoms with Crippen molar-refractivity contribution in [2.75, 3.05) is 18.0 Å². The molecule has 0 N–H and O–H groups in total. The molecule has 0 saturated carbocycles. The molecule has 0 aliphatic carbocycles. The van der Waals surface area contributed by atoms with Gasteiger partial charge in [0.1, 0.15) is 0 Å². The maximum absolute atomic E-state index is 15.3. The molecule has 2 heterocycles. The number of hydrogen-bond acceptors (Lipinski definition) is 3. The molecule has 1 atom stereocenters. The van der Waals surface area contributed by atoms with Crippen molar-refractivity contribution in [1.82, 2.24) is 4.98 Å². The number of nitrogens with zero attached hydrogens (tertiary/aromatic N) is 2. The van der Waals surface area contributed by atoms with Gasteiger partial charge in [0.2, 0.25) is 0 Å². The van der Waals surface area contributed by atoms with Crippen LogP contribution in [0.5, 0.6) is 0 Å². The number of pyridine rings is 1. The second kappa shape index (κ2) is 7.34. The zero-order valence-electron chi connectivity index (χ0n) is 16.4.